The van der Waals surface area contributed by atoms with Crippen molar-refractivity contribution < 1.29 is 4.79 Å². The van der Waals surface area contributed by atoms with Gasteiger partial charge in [0.25, 0.3) is 0 Å². The summed E-state index contributed by atoms with van der Waals surface area (Å²) >= 11 is 6.16. The van der Waals surface area contributed by atoms with Crippen molar-refractivity contribution in [1.82, 2.24) is 4.90 Å². The van der Waals surface area contributed by atoms with Crippen LogP contribution in [-0.2, 0) is 4.79 Å². The van der Waals surface area contributed by atoms with Gasteiger partial charge >= 0.3 is 0 Å². The zero-order chi connectivity index (χ0) is 13.1. The van der Waals surface area contributed by atoms with E-state index in [0.29, 0.717) is 18.1 Å². The first-order chi connectivity index (χ1) is 8.65. The van der Waals surface area contributed by atoms with Gasteiger partial charge in [-0.05, 0) is 25.6 Å². The highest BCUT2D eigenvalue weighted by molar-refractivity contribution is 6.33. The van der Waals surface area contributed by atoms with Gasteiger partial charge < -0.3 is 10.6 Å². The molecule has 1 unspecified atom stereocenters. The molecular formula is C13H18ClN3O. The maximum absolute atomic E-state index is 12.5. The van der Waals surface area contributed by atoms with Crippen molar-refractivity contribution in [2.75, 3.05) is 31.6 Å². The Kier molecular flexibility index (Phi) is 4.22. The summed E-state index contributed by atoms with van der Waals surface area (Å²) in [5.74, 6) is 0.0330. The number of carbonyl (C=O) groups excluding carboxylic acids is 1. The van der Waals surface area contributed by atoms with Crippen LogP contribution in [0.4, 0.5) is 5.69 Å². The van der Waals surface area contributed by atoms with Crippen molar-refractivity contribution >= 4 is 23.2 Å². The van der Waals surface area contributed by atoms with E-state index < -0.39 is 0 Å². The van der Waals surface area contributed by atoms with Gasteiger partial charge in [0, 0.05) is 19.6 Å². The minimum Gasteiger partial charge on any atom is -0.328 e. The zero-order valence-electron chi connectivity index (χ0n) is 10.5. The van der Waals surface area contributed by atoms with Crippen molar-refractivity contribution in [1.29, 1.82) is 0 Å². The molecule has 1 heterocycles. The second-order valence-electron chi connectivity index (χ2n) is 4.53. The Bertz CT molecular complexity index is 438. The number of benzene rings is 1. The number of likely N-dealkylation sites (N-methyl/N-ethyl adjacent to an activating group) is 1. The fraction of sp³-hybridized carbons (Fsp3) is 0.462. The Hall–Kier alpha value is -1.10. The highest BCUT2D eigenvalue weighted by Gasteiger charge is 2.30. The first-order valence-electron chi connectivity index (χ1n) is 6.11. The molecule has 1 aromatic carbocycles. The molecule has 98 valence electrons. The van der Waals surface area contributed by atoms with E-state index in [4.69, 9.17) is 17.3 Å². The molecule has 4 nitrogen and oxygen atoms in total. The molecule has 1 aromatic rings. The number of hydrogen-bond donors (Lipinski definition) is 1. The van der Waals surface area contributed by atoms with E-state index in [2.05, 4.69) is 0 Å². The predicted molar refractivity (Wildman–Crippen MR) is 73.9 cm³/mol. The molecule has 0 spiro atoms. The second-order valence-corrected chi connectivity index (χ2v) is 4.93. The average molecular weight is 268 g/mol. The lowest BCUT2D eigenvalue weighted by molar-refractivity contribution is -0.122. The number of carbonyl (C=O) groups is 1. The fourth-order valence-electron chi connectivity index (χ4n) is 2.30. The van der Waals surface area contributed by atoms with Gasteiger partial charge in [0.1, 0.15) is 6.04 Å². The van der Waals surface area contributed by atoms with E-state index in [1.807, 2.05) is 30.1 Å². The summed E-state index contributed by atoms with van der Waals surface area (Å²) in [6.07, 6.45) is 0.921. The number of nitrogens with zero attached hydrogens (tertiary/aromatic N) is 2. The summed E-state index contributed by atoms with van der Waals surface area (Å²) < 4.78 is 0. The van der Waals surface area contributed by atoms with Gasteiger partial charge in [-0.3, -0.25) is 9.69 Å². The molecule has 1 aliphatic rings. The largest absolute Gasteiger partial charge is 0.328 e. The summed E-state index contributed by atoms with van der Waals surface area (Å²) in [6, 6.07) is 7.17. The normalized spacial score (nSPS) is 22.1. The summed E-state index contributed by atoms with van der Waals surface area (Å²) in [5.41, 5.74) is 6.49. The van der Waals surface area contributed by atoms with Gasteiger partial charge in [0.15, 0.2) is 0 Å². The molecular weight excluding hydrogens is 250 g/mol. The number of nitrogens with two attached hydrogens (primary N) is 1. The molecule has 1 saturated heterocycles. The standard InChI is InChI=1S/C13H18ClN3O/c1-16-7-4-8-17(13(18)12(16)9-15)11-6-3-2-5-10(11)14/h2-3,5-6,12H,4,7-9,15H2,1H3. The van der Waals surface area contributed by atoms with Gasteiger partial charge in [0.2, 0.25) is 5.91 Å². The van der Waals surface area contributed by atoms with Crippen LogP contribution in [0.25, 0.3) is 0 Å². The quantitative estimate of drug-likeness (QED) is 0.880. The lowest BCUT2D eigenvalue weighted by Gasteiger charge is -2.27. The molecule has 5 heteroatoms. The Morgan fingerprint density at radius 1 is 1.39 bits per heavy atom. The molecule has 1 aliphatic heterocycles. The Balaban J connectivity index is 2.32. The molecule has 2 N–H and O–H groups in total. The molecule has 0 aliphatic carbocycles. The molecule has 1 fully saturated rings. The number of amides is 1. The van der Waals surface area contributed by atoms with E-state index in [0.717, 1.165) is 18.7 Å². The minimum atomic E-state index is -0.260. The highest BCUT2D eigenvalue weighted by atomic mass is 35.5. The topological polar surface area (TPSA) is 49.6 Å². The maximum Gasteiger partial charge on any atom is 0.245 e. The van der Waals surface area contributed by atoms with Crippen LogP contribution in [-0.4, -0.2) is 43.5 Å². The van der Waals surface area contributed by atoms with E-state index in [1.165, 1.54) is 0 Å². The van der Waals surface area contributed by atoms with Crippen LogP contribution in [0.15, 0.2) is 24.3 Å². The van der Waals surface area contributed by atoms with Gasteiger partial charge in [-0.15, -0.1) is 0 Å². The third-order valence-corrected chi connectivity index (χ3v) is 3.66. The van der Waals surface area contributed by atoms with E-state index in [-0.39, 0.29) is 11.9 Å². The second kappa shape index (κ2) is 5.69. The first kappa shape index (κ1) is 13.3. The smallest absolute Gasteiger partial charge is 0.245 e. The number of rotatable bonds is 2. The molecule has 1 atom stereocenters. The Morgan fingerprint density at radius 2 is 2.11 bits per heavy atom. The first-order valence-corrected chi connectivity index (χ1v) is 6.49. The predicted octanol–water partition coefficient (Wildman–Crippen LogP) is 1.34. The lowest BCUT2D eigenvalue weighted by Crippen LogP contribution is -2.48. The molecule has 18 heavy (non-hydrogen) atoms. The summed E-state index contributed by atoms with van der Waals surface area (Å²) in [6.45, 7) is 1.88. The average Bonchev–Trinajstić information content (AvgIpc) is 2.49. The van der Waals surface area contributed by atoms with Gasteiger partial charge in [-0.2, -0.15) is 0 Å². The number of hydrogen-bond acceptors (Lipinski definition) is 3. The van der Waals surface area contributed by atoms with Crippen LogP contribution in [0.2, 0.25) is 5.02 Å². The van der Waals surface area contributed by atoms with Crippen LogP contribution in [0.5, 0.6) is 0 Å². The number of anilines is 1. The molecule has 0 radical (unpaired) electrons. The monoisotopic (exact) mass is 267 g/mol. The van der Waals surface area contributed by atoms with Crippen LogP contribution in [0, 0.1) is 0 Å². The SMILES string of the molecule is CN1CCCN(c2ccccc2Cl)C(=O)C1CN. The third kappa shape index (κ3) is 2.51. The summed E-state index contributed by atoms with van der Waals surface area (Å²) in [4.78, 5) is 16.3. The van der Waals surface area contributed by atoms with Crippen molar-refractivity contribution in [2.45, 2.75) is 12.5 Å². The van der Waals surface area contributed by atoms with Crippen molar-refractivity contribution in [3.63, 3.8) is 0 Å². The van der Waals surface area contributed by atoms with Crippen molar-refractivity contribution in [3.8, 4) is 0 Å². The van der Waals surface area contributed by atoms with Crippen molar-refractivity contribution in [3.05, 3.63) is 29.3 Å². The van der Waals surface area contributed by atoms with E-state index >= 15 is 0 Å². The van der Waals surface area contributed by atoms with Crippen LogP contribution >= 0.6 is 11.6 Å². The van der Waals surface area contributed by atoms with Gasteiger partial charge in [-0.1, -0.05) is 23.7 Å². The third-order valence-electron chi connectivity index (χ3n) is 3.34. The van der Waals surface area contributed by atoms with Crippen LogP contribution < -0.4 is 10.6 Å². The molecule has 0 saturated carbocycles. The zero-order valence-corrected chi connectivity index (χ0v) is 11.2. The summed E-state index contributed by atoms with van der Waals surface area (Å²) in [7, 11) is 1.94. The number of halogens is 1. The molecule has 0 bridgehead atoms. The van der Waals surface area contributed by atoms with Gasteiger partial charge in [0.05, 0.1) is 10.7 Å². The lowest BCUT2D eigenvalue weighted by atomic mass is 10.2. The Morgan fingerprint density at radius 3 is 2.78 bits per heavy atom. The number of para-hydroxylation sites is 1. The fourth-order valence-corrected chi connectivity index (χ4v) is 2.54. The Labute approximate surface area is 112 Å². The minimum absolute atomic E-state index is 0.0330. The maximum atomic E-state index is 12.5. The van der Waals surface area contributed by atoms with Crippen LogP contribution in [0.1, 0.15) is 6.42 Å². The molecule has 1 amide bonds. The van der Waals surface area contributed by atoms with Crippen molar-refractivity contribution in [2.24, 2.45) is 5.73 Å². The highest BCUT2D eigenvalue weighted by Crippen LogP contribution is 2.27. The summed E-state index contributed by atoms with van der Waals surface area (Å²) in [5, 5.41) is 0.603. The van der Waals surface area contributed by atoms with E-state index in [1.54, 1.807) is 11.0 Å². The van der Waals surface area contributed by atoms with Gasteiger partial charge in [-0.25, -0.2) is 0 Å². The van der Waals surface area contributed by atoms with Crippen LogP contribution in [0.3, 0.4) is 0 Å². The molecule has 0 aromatic heterocycles. The van der Waals surface area contributed by atoms with E-state index in [9.17, 15) is 4.79 Å². The molecule has 2 rings (SSSR count).